The number of hydrogen-bond donors (Lipinski definition) is 0. The molecule has 0 unspecified atom stereocenters. The fourth-order valence-electron chi connectivity index (χ4n) is 1.92. The molecule has 1 aromatic carbocycles. The van der Waals surface area contributed by atoms with E-state index in [9.17, 15) is 9.18 Å². The third-order valence-corrected chi connectivity index (χ3v) is 2.99. The Bertz CT molecular complexity index is 744. The van der Waals surface area contributed by atoms with Gasteiger partial charge in [-0.3, -0.25) is 0 Å². The van der Waals surface area contributed by atoms with Gasteiger partial charge in [-0.15, -0.1) is 0 Å². The molecule has 0 aliphatic carbocycles. The van der Waals surface area contributed by atoms with Gasteiger partial charge in [-0.05, 0) is 30.3 Å². The summed E-state index contributed by atoms with van der Waals surface area (Å²) in [6.45, 7) is 0. The van der Waals surface area contributed by atoms with E-state index in [4.69, 9.17) is 4.74 Å². The van der Waals surface area contributed by atoms with Gasteiger partial charge in [0.2, 0.25) is 5.90 Å². The standard InChI is InChI=1S/C15H11FN2O2/c1-18-8-4-5-10(18)9-13-15(19)20-14(17-13)11-6-2-3-7-12(11)16/h2-9H,1H3. The zero-order chi connectivity index (χ0) is 14.1. The molecule has 2 aromatic rings. The van der Waals surface area contributed by atoms with Crippen LogP contribution in [0.15, 0.2) is 53.3 Å². The Morgan fingerprint density at radius 3 is 2.75 bits per heavy atom. The van der Waals surface area contributed by atoms with Crippen molar-refractivity contribution in [2.75, 3.05) is 0 Å². The van der Waals surface area contributed by atoms with Crippen LogP contribution in [0.3, 0.4) is 0 Å². The number of benzene rings is 1. The van der Waals surface area contributed by atoms with Crippen LogP contribution in [-0.2, 0) is 16.6 Å². The third kappa shape index (κ3) is 2.14. The van der Waals surface area contributed by atoms with Crippen molar-refractivity contribution in [3.05, 3.63) is 65.4 Å². The van der Waals surface area contributed by atoms with Crippen molar-refractivity contribution in [1.82, 2.24) is 4.57 Å². The Morgan fingerprint density at radius 2 is 2.05 bits per heavy atom. The predicted molar refractivity (Wildman–Crippen MR) is 72.4 cm³/mol. The lowest BCUT2D eigenvalue weighted by Gasteiger charge is -1.99. The van der Waals surface area contributed by atoms with Gasteiger partial charge >= 0.3 is 5.97 Å². The van der Waals surface area contributed by atoms with Gasteiger partial charge in [0.05, 0.1) is 5.56 Å². The molecule has 0 amide bonds. The monoisotopic (exact) mass is 270 g/mol. The molecule has 4 nitrogen and oxygen atoms in total. The number of halogens is 1. The van der Waals surface area contributed by atoms with Gasteiger partial charge in [0.15, 0.2) is 5.70 Å². The Labute approximate surface area is 114 Å². The minimum atomic E-state index is -0.579. The number of carbonyl (C=O) groups excluding carboxylic acids is 1. The fraction of sp³-hybridized carbons (Fsp3) is 0.0667. The Kier molecular flexibility index (Phi) is 2.95. The number of esters is 1. The van der Waals surface area contributed by atoms with Crippen LogP contribution in [0, 0.1) is 5.82 Å². The fourth-order valence-corrected chi connectivity index (χ4v) is 1.92. The van der Waals surface area contributed by atoms with E-state index in [0.29, 0.717) is 0 Å². The molecule has 0 fully saturated rings. The molecule has 1 aromatic heterocycles. The van der Waals surface area contributed by atoms with Gasteiger partial charge in [0, 0.05) is 18.9 Å². The van der Waals surface area contributed by atoms with Gasteiger partial charge < -0.3 is 9.30 Å². The topological polar surface area (TPSA) is 43.6 Å². The summed E-state index contributed by atoms with van der Waals surface area (Å²) in [6, 6.07) is 9.74. The normalized spacial score (nSPS) is 16.4. The lowest BCUT2D eigenvalue weighted by Crippen LogP contribution is -2.07. The van der Waals surface area contributed by atoms with E-state index in [-0.39, 0.29) is 17.2 Å². The number of nitrogens with zero attached hydrogens (tertiary/aromatic N) is 2. The van der Waals surface area contributed by atoms with E-state index in [2.05, 4.69) is 4.99 Å². The lowest BCUT2D eigenvalue weighted by atomic mass is 10.2. The summed E-state index contributed by atoms with van der Waals surface area (Å²) in [5.74, 6) is -1.06. The largest absolute Gasteiger partial charge is 0.402 e. The van der Waals surface area contributed by atoms with E-state index < -0.39 is 11.8 Å². The average Bonchev–Trinajstić information content (AvgIpc) is 2.98. The van der Waals surface area contributed by atoms with Crippen molar-refractivity contribution in [2.24, 2.45) is 12.0 Å². The summed E-state index contributed by atoms with van der Waals surface area (Å²) in [4.78, 5) is 15.8. The smallest absolute Gasteiger partial charge is 0.363 e. The highest BCUT2D eigenvalue weighted by atomic mass is 19.1. The molecule has 20 heavy (non-hydrogen) atoms. The second-order valence-electron chi connectivity index (χ2n) is 4.36. The quantitative estimate of drug-likeness (QED) is 0.621. The number of hydrogen-bond acceptors (Lipinski definition) is 3. The van der Waals surface area contributed by atoms with Crippen molar-refractivity contribution in [1.29, 1.82) is 0 Å². The highest BCUT2D eigenvalue weighted by Crippen LogP contribution is 2.20. The van der Waals surface area contributed by atoms with Crippen molar-refractivity contribution in [3.63, 3.8) is 0 Å². The molecule has 0 radical (unpaired) electrons. The van der Waals surface area contributed by atoms with E-state index in [0.717, 1.165) is 5.69 Å². The van der Waals surface area contributed by atoms with Crippen LogP contribution in [0.5, 0.6) is 0 Å². The summed E-state index contributed by atoms with van der Waals surface area (Å²) in [6.07, 6.45) is 3.46. The zero-order valence-electron chi connectivity index (χ0n) is 10.7. The van der Waals surface area contributed by atoms with Gasteiger partial charge in [0.1, 0.15) is 5.82 Å². The van der Waals surface area contributed by atoms with Crippen molar-refractivity contribution in [2.45, 2.75) is 0 Å². The van der Waals surface area contributed by atoms with Crippen LogP contribution in [0.4, 0.5) is 4.39 Å². The van der Waals surface area contributed by atoms with Crippen molar-refractivity contribution >= 4 is 17.9 Å². The minimum Gasteiger partial charge on any atom is -0.402 e. The minimum absolute atomic E-state index is 0.00596. The average molecular weight is 270 g/mol. The Hall–Kier alpha value is -2.69. The molecule has 0 spiro atoms. The molecule has 0 saturated heterocycles. The van der Waals surface area contributed by atoms with Gasteiger partial charge in [-0.2, -0.15) is 0 Å². The van der Waals surface area contributed by atoms with Crippen LogP contribution >= 0.6 is 0 Å². The summed E-state index contributed by atoms with van der Waals surface area (Å²) in [5.41, 5.74) is 1.15. The molecule has 0 bridgehead atoms. The number of aryl methyl sites for hydroxylation is 1. The first-order chi connectivity index (χ1) is 9.65. The van der Waals surface area contributed by atoms with Gasteiger partial charge in [-0.1, -0.05) is 12.1 Å². The Balaban J connectivity index is 2.00. The molecule has 0 saturated carbocycles. The second-order valence-corrected chi connectivity index (χ2v) is 4.36. The zero-order valence-corrected chi connectivity index (χ0v) is 10.7. The molecule has 1 aliphatic heterocycles. The molecule has 0 atom stereocenters. The number of aliphatic imine (C=N–C) groups is 1. The molecule has 0 N–H and O–H groups in total. The summed E-state index contributed by atoms with van der Waals surface area (Å²) in [5, 5.41) is 0. The van der Waals surface area contributed by atoms with E-state index in [1.807, 2.05) is 29.9 Å². The molecular formula is C15H11FN2O2. The molecule has 2 heterocycles. The van der Waals surface area contributed by atoms with Crippen LogP contribution in [-0.4, -0.2) is 16.4 Å². The maximum atomic E-state index is 13.6. The summed E-state index contributed by atoms with van der Waals surface area (Å²) < 4.78 is 20.5. The van der Waals surface area contributed by atoms with E-state index >= 15 is 0 Å². The van der Waals surface area contributed by atoms with Gasteiger partial charge in [0.25, 0.3) is 0 Å². The highest BCUT2D eigenvalue weighted by molar-refractivity contribution is 6.12. The first-order valence-corrected chi connectivity index (χ1v) is 6.04. The van der Waals surface area contributed by atoms with Crippen LogP contribution in [0.2, 0.25) is 0 Å². The second kappa shape index (κ2) is 4.77. The molecule has 5 heteroatoms. The number of carbonyl (C=O) groups is 1. The van der Waals surface area contributed by atoms with Crippen molar-refractivity contribution in [3.8, 4) is 0 Å². The Morgan fingerprint density at radius 1 is 1.25 bits per heavy atom. The summed E-state index contributed by atoms with van der Waals surface area (Å²) in [7, 11) is 1.86. The van der Waals surface area contributed by atoms with Crippen LogP contribution in [0.1, 0.15) is 11.3 Å². The maximum absolute atomic E-state index is 13.6. The number of rotatable bonds is 2. The maximum Gasteiger partial charge on any atom is 0.363 e. The first-order valence-electron chi connectivity index (χ1n) is 6.04. The molecule has 3 rings (SSSR count). The van der Waals surface area contributed by atoms with Crippen LogP contribution < -0.4 is 0 Å². The summed E-state index contributed by atoms with van der Waals surface area (Å²) >= 11 is 0. The first kappa shape index (κ1) is 12.3. The van der Waals surface area contributed by atoms with E-state index in [1.54, 1.807) is 18.2 Å². The molecule has 100 valence electrons. The SMILES string of the molecule is Cn1cccc1C=C1N=C(c2ccccc2F)OC1=O. The third-order valence-electron chi connectivity index (χ3n) is 2.99. The number of aromatic nitrogens is 1. The van der Waals surface area contributed by atoms with E-state index in [1.165, 1.54) is 12.1 Å². The molecule has 1 aliphatic rings. The lowest BCUT2D eigenvalue weighted by molar-refractivity contribution is -0.129. The molecular weight excluding hydrogens is 259 g/mol. The highest BCUT2D eigenvalue weighted by Gasteiger charge is 2.26. The van der Waals surface area contributed by atoms with Crippen molar-refractivity contribution < 1.29 is 13.9 Å². The number of ether oxygens (including phenoxy) is 1. The van der Waals surface area contributed by atoms with Crippen LogP contribution in [0.25, 0.3) is 6.08 Å². The van der Waals surface area contributed by atoms with Gasteiger partial charge in [-0.25, -0.2) is 14.2 Å². The predicted octanol–water partition coefficient (Wildman–Crippen LogP) is 2.51. The number of cyclic esters (lactones) is 1.